The second-order valence-electron chi connectivity index (χ2n) is 10.6. The summed E-state index contributed by atoms with van der Waals surface area (Å²) in [7, 11) is 1.62. The highest BCUT2D eigenvalue weighted by Crippen LogP contribution is 2.35. The maximum Gasteiger partial charge on any atom is 0.262 e. The van der Waals surface area contributed by atoms with Crippen molar-refractivity contribution in [1.29, 1.82) is 0 Å². The van der Waals surface area contributed by atoms with Gasteiger partial charge in [0.15, 0.2) is 16.7 Å². The Balaban J connectivity index is 1.23. The summed E-state index contributed by atoms with van der Waals surface area (Å²) in [6.45, 7) is 3.24. The predicted octanol–water partition coefficient (Wildman–Crippen LogP) is 4.59. The van der Waals surface area contributed by atoms with Crippen LogP contribution in [0.3, 0.4) is 0 Å². The van der Waals surface area contributed by atoms with E-state index in [2.05, 4.69) is 15.6 Å². The Morgan fingerprint density at radius 1 is 1.02 bits per heavy atom. The molecular weight excluding hydrogens is 594 g/mol. The first-order chi connectivity index (χ1) is 21.9. The molecule has 0 spiro atoms. The Morgan fingerprint density at radius 3 is 2.53 bits per heavy atom. The minimum Gasteiger partial charge on any atom is -0.497 e. The highest BCUT2D eigenvalue weighted by molar-refractivity contribution is 8.00. The van der Waals surface area contributed by atoms with Crippen molar-refractivity contribution in [1.82, 2.24) is 25.2 Å². The van der Waals surface area contributed by atoms with E-state index in [9.17, 15) is 14.4 Å². The second-order valence-corrected chi connectivity index (χ2v) is 11.8. The minimum atomic E-state index is -0.458. The molecule has 2 aromatic carbocycles. The molecule has 0 fully saturated rings. The number of fused-ring (bicyclic) bond motifs is 2. The van der Waals surface area contributed by atoms with E-state index in [1.165, 1.54) is 11.8 Å². The van der Waals surface area contributed by atoms with E-state index in [1.54, 1.807) is 36.2 Å². The van der Waals surface area contributed by atoms with Crippen LogP contribution in [0.1, 0.15) is 50.2 Å². The number of nitrogens with zero attached hydrogens (tertiary/aromatic N) is 3. The van der Waals surface area contributed by atoms with Crippen LogP contribution in [0.5, 0.6) is 17.2 Å². The molecule has 1 aliphatic heterocycles. The standard InChI is InChI=1S/C33H37N5O6S/c1-3-29(31(40)36-20-23-8-7-14-34-18-23)45-33-37-26-17-28-27(43-21-44-28)16-25(26)32(41)38(33)15-6-4-5-9-30(39)35-19-22-10-12-24(42-2)13-11-22/h7-8,10-14,16-18,29H,3-6,9,15,19-21H2,1-2H3,(H,35,39)(H,36,40). The topological polar surface area (TPSA) is 134 Å². The molecule has 1 aliphatic rings. The molecule has 1 atom stereocenters. The number of hydrogen-bond donors (Lipinski definition) is 2. The zero-order chi connectivity index (χ0) is 31.6. The molecule has 11 nitrogen and oxygen atoms in total. The van der Waals surface area contributed by atoms with Crippen LogP contribution in [0, 0.1) is 0 Å². The van der Waals surface area contributed by atoms with Crippen molar-refractivity contribution in [2.75, 3.05) is 13.9 Å². The third-order valence-corrected chi connectivity index (χ3v) is 8.80. The van der Waals surface area contributed by atoms with Crippen LogP contribution in [-0.2, 0) is 29.2 Å². The summed E-state index contributed by atoms with van der Waals surface area (Å²) in [5, 5.41) is 6.36. The van der Waals surface area contributed by atoms with E-state index in [-0.39, 0.29) is 24.2 Å². The molecule has 1 unspecified atom stereocenters. The fraction of sp³-hybridized carbons (Fsp3) is 0.364. The van der Waals surface area contributed by atoms with Gasteiger partial charge in [-0.3, -0.25) is 23.9 Å². The van der Waals surface area contributed by atoms with Gasteiger partial charge in [-0.25, -0.2) is 4.98 Å². The Kier molecular flexibility index (Phi) is 10.9. The van der Waals surface area contributed by atoms with Crippen LogP contribution >= 0.6 is 11.8 Å². The smallest absolute Gasteiger partial charge is 0.262 e. The minimum absolute atomic E-state index is 0.0224. The van der Waals surface area contributed by atoms with E-state index in [1.807, 2.05) is 43.3 Å². The van der Waals surface area contributed by atoms with Gasteiger partial charge in [-0.05, 0) is 54.7 Å². The lowest BCUT2D eigenvalue weighted by atomic mass is 10.1. The van der Waals surface area contributed by atoms with E-state index >= 15 is 0 Å². The summed E-state index contributed by atoms with van der Waals surface area (Å²) >= 11 is 1.28. The average Bonchev–Trinajstić information content (AvgIpc) is 3.53. The van der Waals surface area contributed by atoms with E-state index in [0.717, 1.165) is 23.3 Å². The number of benzene rings is 2. The van der Waals surface area contributed by atoms with Crippen LogP contribution in [0.25, 0.3) is 10.9 Å². The van der Waals surface area contributed by atoms with Gasteiger partial charge in [-0.2, -0.15) is 0 Å². The molecule has 0 aliphatic carbocycles. The summed E-state index contributed by atoms with van der Waals surface area (Å²) in [4.78, 5) is 48.3. The molecule has 45 heavy (non-hydrogen) atoms. The van der Waals surface area contributed by atoms with Gasteiger partial charge >= 0.3 is 0 Å². The third-order valence-electron chi connectivity index (χ3n) is 7.45. The number of amides is 2. The van der Waals surface area contributed by atoms with Gasteiger partial charge in [-0.1, -0.05) is 43.3 Å². The molecule has 0 bridgehead atoms. The quantitative estimate of drug-likeness (QED) is 0.110. The summed E-state index contributed by atoms with van der Waals surface area (Å²) in [6, 6.07) is 14.7. The fourth-order valence-electron chi connectivity index (χ4n) is 4.90. The van der Waals surface area contributed by atoms with Crippen LogP contribution < -0.4 is 30.4 Å². The first kappa shape index (κ1) is 31.8. The lowest BCUT2D eigenvalue weighted by molar-refractivity contribution is -0.121. The molecule has 0 radical (unpaired) electrons. The fourth-order valence-corrected chi connectivity index (χ4v) is 5.96. The SMILES string of the molecule is CCC(Sc1nc2cc3c(cc2c(=O)n1CCCCCC(=O)NCc1ccc(OC)cc1)OCO3)C(=O)NCc1cccnc1. The van der Waals surface area contributed by atoms with Gasteiger partial charge < -0.3 is 24.8 Å². The van der Waals surface area contributed by atoms with Crippen LogP contribution in [-0.4, -0.2) is 45.5 Å². The average molecular weight is 632 g/mol. The van der Waals surface area contributed by atoms with Crippen molar-refractivity contribution in [3.05, 3.63) is 82.4 Å². The molecule has 0 saturated heterocycles. The van der Waals surface area contributed by atoms with E-state index < -0.39 is 5.25 Å². The Hall–Kier alpha value is -4.58. The number of nitrogens with one attached hydrogen (secondary N) is 2. The number of ether oxygens (including phenoxy) is 3. The maximum absolute atomic E-state index is 13.8. The van der Waals surface area contributed by atoms with Gasteiger partial charge in [0.05, 0.1) is 23.3 Å². The van der Waals surface area contributed by atoms with Gasteiger partial charge in [0, 0.05) is 44.5 Å². The van der Waals surface area contributed by atoms with Crippen molar-refractivity contribution in [2.24, 2.45) is 0 Å². The molecule has 4 aromatic rings. The summed E-state index contributed by atoms with van der Waals surface area (Å²) in [5.74, 6) is 1.65. The molecular formula is C33H37N5O6S. The maximum atomic E-state index is 13.8. The zero-order valence-electron chi connectivity index (χ0n) is 25.4. The third kappa shape index (κ3) is 8.33. The molecule has 2 amide bonds. The molecule has 12 heteroatoms. The van der Waals surface area contributed by atoms with Gasteiger partial charge in [0.25, 0.3) is 5.56 Å². The summed E-state index contributed by atoms with van der Waals surface area (Å²) in [6.07, 6.45) is 6.43. The normalized spacial score (nSPS) is 12.6. The Morgan fingerprint density at radius 2 is 1.80 bits per heavy atom. The molecule has 3 heterocycles. The number of pyridine rings is 1. The molecule has 236 valence electrons. The molecule has 0 saturated carbocycles. The first-order valence-corrected chi connectivity index (χ1v) is 15.9. The number of unbranched alkanes of at least 4 members (excludes halogenated alkanes) is 2. The molecule has 2 aromatic heterocycles. The highest BCUT2D eigenvalue weighted by atomic mass is 32.2. The first-order valence-electron chi connectivity index (χ1n) is 15.0. The van der Waals surface area contributed by atoms with Gasteiger partial charge in [0.1, 0.15) is 5.75 Å². The summed E-state index contributed by atoms with van der Waals surface area (Å²) in [5.41, 5.74) is 2.18. The zero-order valence-corrected chi connectivity index (χ0v) is 26.2. The Bertz CT molecular complexity index is 1680. The molecule has 2 N–H and O–H groups in total. The van der Waals surface area contributed by atoms with Gasteiger partial charge in [-0.15, -0.1) is 0 Å². The number of methoxy groups -OCH3 is 1. The van der Waals surface area contributed by atoms with Crippen LogP contribution in [0.4, 0.5) is 0 Å². The van der Waals surface area contributed by atoms with Crippen molar-refractivity contribution in [2.45, 2.75) is 69.1 Å². The number of rotatable bonds is 15. The highest BCUT2D eigenvalue weighted by Gasteiger charge is 2.24. The van der Waals surface area contributed by atoms with Crippen molar-refractivity contribution < 1.29 is 23.8 Å². The van der Waals surface area contributed by atoms with Crippen molar-refractivity contribution in [3.8, 4) is 17.2 Å². The van der Waals surface area contributed by atoms with E-state index in [0.29, 0.717) is 72.9 Å². The van der Waals surface area contributed by atoms with Crippen LogP contribution in [0.2, 0.25) is 0 Å². The monoisotopic (exact) mass is 631 g/mol. The van der Waals surface area contributed by atoms with Crippen molar-refractivity contribution in [3.63, 3.8) is 0 Å². The number of carbonyl (C=O) groups excluding carboxylic acids is 2. The Labute approximate surface area is 265 Å². The number of hydrogen-bond acceptors (Lipinski definition) is 9. The summed E-state index contributed by atoms with van der Waals surface area (Å²) < 4.78 is 17.8. The lowest BCUT2D eigenvalue weighted by Gasteiger charge is -2.18. The molecule has 5 rings (SSSR count). The second kappa shape index (κ2) is 15.4. The lowest BCUT2D eigenvalue weighted by Crippen LogP contribution is -2.33. The number of aromatic nitrogens is 3. The van der Waals surface area contributed by atoms with Crippen molar-refractivity contribution >= 4 is 34.5 Å². The van der Waals surface area contributed by atoms with E-state index in [4.69, 9.17) is 19.2 Å². The number of carbonyl (C=O) groups is 2. The van der Waals surface area contributed by atoms with Crippen LogP contribution in [0.15, 0.2) is 70.9 Å². The number of thioether (sulfide) groups is 1. The van der Waals surface area contributed by atoms with Gasteiger partial charge in [0.2, 0.25) is 18.6 Å². The predicted molar refractivity (Wildman–Crippen MR) is 171 cm³/mol. The largest absolute Gasteiger partial charge is 0.497 e.